The lowest BCUT2D eigenvalue weighted by Crippen LogP contribution is -2.54. The number of methoxy groups -OCH3 is 1. The van der Waals surface area contributed by atoms with Crippen LogP contribution in [0.5, 0.6) is 5.75 Å². The number of nitrogens with one attached hydrogen (secondary N) is 1. The number of rotatable bonds is 7. The minimum atomic E-state index is -3.37. The fourth-order valence-electron chi connectivity index (χ4n) is 3.33. The third kappa shape index (κ3) is 5.56. The first-order chi connectivity index (χ1) is 13.9. The Morgan fingerprint density at radius 2 is 1.66 bits per heavy atom. The molecule has 3 rings (SSSR count). The molecule has 0 bridgehead atoms. The summed E-state index contributed by atoms with van der Waals surface area (Å²) in [4.78, 5) is 14.6. The maximum absolute atomic E-state index is 12.7. The molecule has 0 radical (unpaired) electrons. The van der Waals surface area contributed by atoms with Gasteiger partial charge in [0.2, 0.25) is 15.9 Å². The van der Waals surface area contributed by atoms with Gasteiger partial charge in [-0.05, 0) is 36.8 Å². The van der Waals surface area contributed by atoms with Gasteiger partial charge in [-0.1, -0.05) is 30.3 Å². The van der Waals surface area contributed by atoms with Crippen LogP contribution in [0.15, 0.2) is 54.6 Å². The summed E-state index contributed by atoms with van der Waals surface area (Å²) in [6, 6.07) is 16.0. The molecule has 1 heterocycles. The molecule has 0 saturated carbocycles. The maximum Gasteiger partial charge on any atom is 0.241 e. The molecule has 1 aliphatic heterocycles. The summed E-state index contributed by atoms with van der Waals surface area (Å²) in [5.74, 6) is 0.612. The Bertz CT molecular complexity index is 909. The number of amides is 1. The largest absolute Gasteiger partial charge is 0.497 e. The van der Waals surface area contributed by atoms with Gasteiger partial charge in [-0.2, -0.15) is 4.31 Å². The molecule has 0 unspecified atom stereocenters. The van der Waals surface area contributed by atoms with Crippen molar-refractivity contribution in [3.8, 4) is 5.75 Å². The monoisotopic (exact) mass is 417 g/mol. The smallest absolute Gasteiger partial charge is 0.241 e. The molecule has 7 nitrogen and oxygen atoms in total. The molecule has 2 aromatic carbocycles. The van der Waals surface area contributed by atoms with Gasteiger partial charge in [0.15, 0.2) is 0 Å². The van der Waals surface area contributed by atoms with Gasteiger partial charge in [-0.15, -0.1) is 0 Å². The Morgan fingerprint density at radius 3 is 2.24 bits per heavy atom. The highest BCUT2D eigenvalue weighted by atomic mass is 32.2. The number of carbonyl (C=O) groups is 1. The Kier molecular flexibility index (Phi) is 6.89. The van der Waals surface area contributed by atoms with Gasteiger partial charge in [-0.3, -0.25) is 9.69 Å². The van der Waals surface area contributed by atoms with Crippen LogP contribution in [0.3, 0.4) is 0 Å². The van der Waals surface area contributed by atoms with E-state index in [1.807, 2.05) is 42.2 Å². The van der Waals surface area contributed by atoms with Crippen LogP contribution in [0, 0.1) is 0 Å². The second-order valence-corrected chi connectivity index (χ2v) is 9.04. The van der Waals surface area contributed by atoms with Crippen molar-refractivity contribution in [3.05, 3.63) is 60.2 Å². The quantitative estimate of drug-likeness (QED) is 0.747. The first-order valence-corrected chi connectivity index (χ1v) is 11.2. The molecule has 1 aliphatic rings. The van der Waals surface area contributed by atoms with Crippen molar-refractivity contribution in [1.29, 1.82) is 0 Å². The average molecular weight is 418 g/mol. The fraction of sp³-hybridized carbons (Fsp3) is 0.381. The minimum Gasteiger partial charge on any atom is -0.497 e. The first-order valence-electron chi connectivity index (χ1n) is 9.60. The van der Waals surface area contributed by atoms with E-state index < -0.39 is 10.0 Å². The lowest BCUT2D eigenvalue weighted by molar-refractivity contribution is -0.121. The number of sulfonamides is 1. The van der Waals surface area contributed by atoms with E-state index in [4.69, 9.17) is 4.74 Å². The van der Waals surface area contributed by atoms with Crippen molar-refractivity contribution in [2.24, 2.45) is 0 Å². The predicted molar refractivity (Wildman–Crippen MR) is 113 cm³/mol. The molecule has 0 spiro atoms. The number of benzene rings is 2. The number of piperazine rings is 1. The Morgan fingerprint density at radius 1 is 1.03 bits per heavy atom. The van der Waals surface area contributed by atoms with Gasteiger partial charge in [0, 0.05) is 31.9 Å². The molecule has 8 heteroatoms. The molecule has 156 valence electrons. The summed E-state index contributed by atoms with van der Waals surface area (Å²) in [5.41, 5.74) is 1.48. The molecular weight excluding hydrogens is 390 g/mol. The third-order valence-electron chi connectivity index (χ3n) is 5.14. The second-order valence-electron chi connectivity index (χ2n) is 7.07. The third-order valence-corrected chi connectivity index (χ3v) is 6.99. The molecule has 1 saturated heterocycles. The molecule has 0 aliphatic carbocycles. The van der Waals surface area contributed by atoms with E-state index in [0.717, 1.165) is 11.3 Å². The van der Waals surface area contributed by atoms with Crippen molar-refractivity contribution in [1.82, 2.24) is 9.21 Å². The van der Waals surface area contributed by atoms with Gasteiger partial charge >= 0.3 is 0 Å². The summed E-state index contributed by atoms with van der Waals surface area (Å²) in [7, 11) is -1.77. The zero-order valence-electron chi connectivity index (χ0n) is 16.7. The lowest BCUT2D eigenvalue weighted by Gasteiger charge is -2.36. The van der Waals surface area contributed by atoms with E-state index >= 15 is 0 Å². The number of carbonyl (C=O) groups excluding carboxylic acids is 1. The highest BCUT2D eigenvalue weighted by Gasteiger charge is 2.30. The minimum absolute atomic E-state index is 0.00134. The van der Waals surface area contributed by atoms with Crippen LogP contribution in [0.4, 0.5) is 5.69 Å². The number of ether oxygens (including phenoxy) is 1. The van der Waals surface area contributed by atoms with E-state index in [9.17, 15) is 13.2 Å². The van der Waals surface area contributed by atoms with Crippen LogP contribution < -0.4 is 10.1 Å². The molecule has 1 N–H and O–H groups in total. The van der Waals surface area contributed by atoms with Crippen molar-refractivity contribution in [2.45, 2.75) is 18.7 Å². The molecule has 1 amide bonds. The normalized spacial score (nSPS) is 16.9. The molecule has 0 aromatic heterocycles. The van der Waals surface area contributed by atoms with Crippen LogP contribution >= 0.6 is 0 Å². The van der Waals surface area contributed by atoms with Crippen LogP contribution in [0.2, 0.25) is 0 Å². The highest BCUT2D eigenvalue weighted by molar-refractivity contribution is 7.88. The first kappa shape index (κ1) is 21.3. The molecular formula is C21H27N3O4S. The molecule has 2 aromatic rings. The Balaban J connectivity index is 1.53. The molecule has 1 fully saturated rings. The van der Waals surface area contributed by atoms with Crippen molar-refractivity contribution >= 4 is 21.6 Å². The van der Waals surface area contributed by atoms with Gasteiger partial charge in [0.1, 0.15) is 5.75 Å². The van der Waals surface area contributed by atoms with Crippen LogP contribution in [0.25, 0.3) is 0 Å². The summed E-state index contributed by atoms with van der Waals surface area (Å²) < 4.78 is 32.0. The number of hydrogen-bond acceptors (Lipinski definition) is 5. The Labute approximate surface area is 172 Å². The number of nitrogens with zero attached hydrogens (tertiary/aromatic N) is 2. The van der Waals surface area contributed by atoms with Crippen molar-refractivity contribution in [2.75, 3.05) is 38.6 Å². The standard InChI is InChI=1S/C21H27N3O4S/c1-17(21(25)22-19-8-10-20(28-2)11-9-19)23-12-14-24(15-13-23)29(26,27)16-18-6-4-3-5-7-18/h3-11,17H,12-16H2,1-2H3,(H,22,25)/t17-/m0/s1. The van der Waals surface area contributed by atoms with Crippen molar-refractivity contribution < 1.29 is 17.9 Å². The van der Waals surface area contributed by atoms with Crippen LogP contribution in [-0.4, -0.2) is 62.9 Å². The van der Waals surface area contributed by atoms with Gasteiger partial charge < -0.3 is 10.1 Å². The average Bonchev–Trinajstić information content (AvgIpc) is 2.74. The summed E-state index contributed by atoms with van der Waals surface area (Å²) >= 11 is 0. The topological polar surface area (TPSA) is 79.0 Å². The molecule has 1 atom stereocenters. The fourth-order valence-corrected chi connectivity index (χ4v) is 4.85. The zero-order valence-corrected chi connectivity index (χ0v) is 17.6. The summed E-state index contributed by atoms with van der Waals surface area (Å²) in [6.45, 7) is 3.65. The highest BCUT2D eigenvalue weighted by Crippen LogP contribution is 2.18. The van der Waals surface area contributed by atoms with E-state index in [2.05, 4.69) is 5.32 Å². The molecule has 29 heavy (non-hydrogen) atoms. The van der Waals surface area contributed by atoms with E-state index in [-0.39, 0.29) is 17.7 Å². The van der Waals surface area contributed by atoms with E-state index in [1.165, 1.54) is 4.31 Å². The SMILES string of the molecule is COc1ccc(NC(=O)[C@H](C)N2CCN(S(=O)(=O)Cc3ccccc3)CC2)cc1. The summed E-state index contributed by atoms with van der Waals surface area (Å²) in [5, 5.41) is 2.90. The van der Waals surface area contributed by atoms with Gasteiger partial charge in [0.25, 0.3) is 0 Å². The number of anilines is 1. The number of hydrogen-bond donors (Lipinski definition) is 1. The van der Waals surface area contributed by atoms with Crippen molar-refractivity contribution in [3.63, 3.8) is 0 Å². The predicted octanol–water partition coefficient (Wildman–Crippen LogP) is 2.17. The van der Waals surface area contributed by atoms with E-state index in [1.54, 1.807) is 31.4 Å². The van der Waals surface area contributed by atoms with Crippen LogP contribution in [0.1, 0.15) is 12.5 Å². The summed E-state index contributed by atoms with van der Waals surface area (Å²) in [6.07, 6.45) is 0. The van der Waals surface area contributed by atoms with Crippen LogP contribution in [-0.2, 0) is 20.6 Å². The lowest BCUT2D eigenvalue weighted by atomic mass is 10.2. The van der Waals surface area contributed by atoms with Gasteiger partial charge in [-0.25, -0.2) is 8.42 Å². The van der Waals surface area contributed by atoms with Gasteiger partial charge in [0.05, 0.1) is 18.9 Å². The maximum atomic E-state index is 12.7. The zero-order chi connectivity index (χ0) is 20.9. The second kappa shape index (κ2) is 9.39. The Hall–Kier alpha value is -2.42. The van der Waals surface area contributed by atoms with E-state index in [0.29, 0.717) is 31.9 Å².